The minimum atomic E-state index is -3.63. The van der Waals surface area contributed by atoms with Crippen LogP contribution in [0.25, 0.3) is 0 Å². The Kier molecular flexibility index (Phi) is 4.58. The molecule has 0 saturated heterocycles. The predicted octanol–water partition coefficient (Wildman–Crippen LogP) is 2.41. The minimum absolute atomic E-state index is 0.114. The maximum absolute atomic E-state index is 12.2. The van der Waals surface area contributed by atoms with Gasteiger partial charge in [-0.1, -0.05) is 17.7 Å². The zero-order valence-corrected chi connectivity index (χ0v) is 12.7. The maximum atomic E-state index is 12.2. The first-order valence-electron chi connectivity index (χ1n) is 6.51. The number of aliphatic hydroxyl groups is 1. The van der Waals surface area contributed by atoms with Gasteiger partial charge in [-0.15, -0.1) is 0 Å². The van der Waals surface area contributed by atoms with Gasteiger partial charge in [0, 0.05) is 12.1 Å². The van der Waals surface area contributed by atoms with E-state index in [-0.39, 0.29) is 10.6 Å². The van der Waals surface area contributed by atoms with Crippen LogP contribution in [0.4, 0.5) is 5.69 Å². The molecule has 0 spiro atoms. The van der Waals surface area contributed by atoms with Gasteiger partial charge in [-0.3, -0.25) is 10.1 Å². The highest BCUT2D eigenvalue weighted by molar-refractivity contribution is 7.91. The van der Waals surface area contributed by atoms with Gasteiger partial charge in [0.2, 0.25) is 0 Å². The Morgan fingerprint density at radius 2 is 1.64 bits per heavy atom. The summed E-state index contributed by atoms with van der Waals surface area (Å²) in [5.41, 5.74) is 1.15. The summed E-state index contributed by atoms with van der Waals surface area (Å²) in [6.07, 6.45) is -1.24. The van der Waals surface area contributed by atoms with E-state index in [1.54, 1.807) is 12.1 Å². The van der Waals surface area contributed by atoms with Crippen LogP contribution in [-0.4, -0.2) is 24.2 Å². The average Bonchev–Trinajstić information content (AvgIpc) is 2.47. The molecule has 22 heavy (non-hydrogen) atoms. The van der Waals surface area contributed by atoms with Crippen molar-refractivity contribution in [2.45, 2.75) is 17.9 Å². The van der Waals surface area contributed by atoms with Crippen LogP contribution in [0.2, 0.25) is 0 Å². The van der Waals surface area contributed by atoms with E-state index >= 15 is 0 Å². The summed E-state index contributed by atoms with van der Waals surface area (Å²) >= 11 is 0. The van der Waals surface area contributed by atoms with Crippen LogP contribution in [-0.2, 0) is 9.84 Å². The van der Waals surface area contributed by atoms with Crippen molar-refractivity contribution in [2.75, 3.05) is 5.75 Å². The number of nitro benzene ring substituents is 1. The molecular weight excluding hydrogens is 306 g/mol. The van der Waals surface area contributed by atoms with Crippen LogP contribution in [0.15, 0.2) is 53.4 Å². The highest BCUT2D eigenvalue weighted by Gasteiger charge is 2.21. The number of non-ortho nitro benzene ring substituents is 1. The molecule has 6 nitrogen and oxygen atoms in total. The highest BCUT2D eigenvalue weighted by atomic mass is 32.2. The Morgan fingerprint density at radius 3 is 2.14 bits per heavy atom. The number of hydrogen-bond donors (Lipinski definition) is 1. The van der Waals surface area contributed by atoms with Crippen molar-refractivity contribution >= 4 is 15.5 Å². The van der Waals surface area contributed by atoms with Crippen molar-refractivity contribution in [3.8, 4) is 0 Å². The third kappa shape index (κ3) is 3.69. The van der Waals surface area contributed by atoms with E-state index in [0.29, 0.717) is 5.56 Å². The van der Waals surface area contributed by atoms with Gasteiger partial charge in [-0.25, -0.2) is 8.42 Å². The van der Waals surface area contributed by atoms with Crippen molar-refractivity contribution in [3.63, 3.8) is 0 Å². The summed E-state index contributed by atoms with van der Waals surface area (Å²) < 4.78 is 24.5. The molecule has 7 heteroatoms. The van der Waals surface area contributed by atoms with Crippen molar-refractivity contribution in [1.29, 1.82) is 0 Å². The van der Waals surface area contributed by atoms with Crippen LogP contribution in [0, 0.1) is 17.0 Å². The van der Waals surface area contributed by atoms with Crippen molar-refractivity contribution < 1.29 is 18.4 Å². The summed E-state index contributed by atoms with van der Waals surface area (Å²) in [6, 6.07) is 11.5. The fraction of sp³-hybridized carbons (Fsp3) is 0.200. The fourth-order valence-electron chi connectivity index (χ4n) is 1.96. The molecule has 116 valence electrons. The molecule has 0 aliphatic heterocycles. The molecule has 2 rings (SSSR count). The second kappa shape index (κ2) is 6.25. The van der Waals surface area contributed by atoms with Crippen molar-refractivity contribution in [1.82, 2.24) is 0 Å². The molecule has 0 fully saturated rings. The van der Waals surface area contributed by atoms with E-state index in [0.717, 1.165) is 5.56 Å². The van der Waals surface area contributed by atoms with Crippen LogP contribution < -0.4 is 0 Å². The Bertz CT molecular complexity index is 767. The van der Waals surface area contributed by atoms with E-state index in [9.17, 15) is 23.6 Å². The van der Waals surface area contributed by atoms with Gasteiger partial charge in [0.25, 0.3) is 5.69 Å². The molecule has 0 amide bonds. The van der Waals surface area contributed by atoms with Gasteiger partial charge in [0.05, 0.1) is 21.7 Å². The number of aliphatic hydroxyl groups excluding tert-OH is 1. The largest absolute Gasteiger partial charge is 0.387 e. The molecule has 2 aromatic rings. The van der Waals surface area contributed by atoms with E-state index in [1.165, 1.54) is 36.4 Å². The monoisotopic (exact) mass is 321 g/mol. The normalized spacial score (nSPS) is 12.8. The number of nitro groups is 1. The Labute approximate surface area is 128 Å². The zero-order chi connectivity index (χ0) is 16.3. The number of hydrogen-bond acceptors (Lipinski definition) is 5. The lowest BCUT2D eigenvalue weighted by Crippen LogP contribution is -2.14. The second-order valence-electron chi connectivity index (χ2n) is 4.96. The molecule has 0 aromatic heterocycles. The van der Waals surface area contributed by atoms with Crippen molar-refractivity contribution in [3.05, 3.63) is 69.8 Å². The Morgan fingerprint density at radius 1 is 1.09 bits per heavy atom. The quantitative estimate of drug-likeness (QED) is 0.673. The van der Waals surface area contributed by atoms with Crippen LogP contribution in [0.1, 0.15) is 17.2 Å². The molecule has 0 aliphatic carbocycles. The number of rotatable bonds is 5. The molecular formula is C15H15NO5S. The first-order chi connectivity index (χ1) is 10.3. The van der Waals surface area contributed by atoms with Gasteiger partial charge in [-0.05, 0) is 36.8 Å². The topological polar surface area (TPSA) is 97.5 Å². The van der Waals surface area contributed by atoms with Crippen LogP contribution in [0.5, 0.6) is 0 Å². The van der Waals surface area contributed by atoms with Gasteiger partial charge in [0.15, 0.2) is 9.84 Å². The zero-order valence-electron chi connectivity index (χ0n) is 11.8. The summed E-state index contributed by atoms with van der Waals surface area (Å²) in [4.78, 5) is 10.2. The lowest BCUT2D eigenvalue weighted by atomic mass is 10.1. The summed E-state index contributed by atoms with van der Waals surface area (Å²) in [5.74, 6) is -0.478. The number of aryl methyl sites for hydroxylation is 1. The van der Waals surface area contributed by atoms with E-state index in [1.807, 2.05) is 6.92 Å². The molecule has 0 heterocycles. The lowest BCUT2D eigenvalue weighted by Gasteiger charge is -2.11. The first-order valence-corrected chi connectivity index (χ1v) is 8.17. The minimum Gasteiger partial charge on any atom is -0.387 e. The van der Waals surface area contributed by atoms with Gasteiger partial charge < -0.3 is 5.11 Å². The number of benzene rings is 2. The second-order valence-corrected chi connectivity index (χ2v) is 6.99. The number of sulfone groups is 1. The molecule has 0 radical (unpaired) electrons. The molecule has 0 saturated carbocycles. The lowest BCUT2D eigenvalue weighted by molar-refractivity contribution is -0.384. The van der Waals surface area contributed by atoms with Gasteiger partial charge in [0.1, 0.15) is 0 Å². The molecule has 1 atom stereocenters. The fourth-order valence-corrected chi connectivity index (χ4v) is 3.32. The van der Waals surface area contributed by atoms with E-state index < -0.39 is 26.6 Å². The van der Waals surface area contributed by atoms with Crippen LogP contribution >= 0.6 is 0 Å². The van der Waals surface area contributed by atoms with E-state index in [2.05, 4.69) is 0 Å². The Balaban J connectivity index is 2.18. The summed E-state index contributed by atoms with van der Waals surface area (Å²) in [5, 5.41) is 20.6. The molecule has 0 unspecified atom stereocenters. The van der Waals surface area contributed by atoms with Crippen molar-refractivity contribution in [2.24, 2.45) is 0 Å². The Hall–Kier alpha value is -2.25. The maximum Gasteiger partial charge on any atom is 0.269 e. The van der Waals surface area contributed by atoms with Gasteiger partial charge >= 0.3 is 0 Å². The molecule has 0 bridgehead atoms. The van der Waals surface area contributed by atoms with E-state index in [4.69, 9.17) is 0 Å². The third-order valence-electron chi connectivity index (χ3n) is 3.25. The third-order valence-corrected chi connectivity index (χ3v) is 4.99. The highest BCUT2D eigenvalue weighted by Crippen LogP contribution is 2.22. The van der Waals surface area contributed by atoms with Crippen LogP contribution in [0.3, 0.4) is 0 Å². The SMILES string of the molecule is Cc1ccc(S(=O)(=O)C[C@@H](O)c2ccc([N+](=O)[O-])cc2)cc1. The predicted molar refractivity (Wildman–Crippen MR) is 81.3 cm³/mol. The molecule has 2 aromatic carbocycles. The molecule has 1 N–H and O–H groups in total. The smallest absolute Gasteiger partial charge is 0.269 e. The summed E-state index contributed by atoms with van der Waals surface area (Å²) in [6.45, 7) is 1.85. The van der Waals surface area contributed by atoms with Gasteiger partial charge in [-0.2, -0.15) is 0 Å². The number of nitrogens with zero attached hydrogens (tertiary/aromatic N) is 1. The molecule has 0 aliphatic rings. The summed E-state index contributed by atoms with van der Waals surface area (Å²) in [7, 11) is -3.63. The first kappa shape index (κ1) is 16.1. The standard InChI is InChI=1S/C15H15NO5S/c1-11-2-8-14(9-3-11)22(20,21)10-15(17)12-4-6-13(7-5-12)16(18)19/h2-9,15,17H,10H2,1H3/t15-/m1/s1. The average molecular weight is 321 g/mol.